The molecule has 1 rings (SSSR count). The van der Waals surface area contributed by atoms with E-state index in [0.29, 0.717) is 5.56 Å². The highest BCUT2D eigenvalue weighted by atomic mass is 19.2. The van der Waals surface area contributed by atoms with E-state index in [1.807, 2.05) is 0 Å². The van der Waals surface area contributed by atoms with E-state index in [0.717, 1.165) is 6.07 Å². The van der Waals surface area contributed by atoms with Crippen molar-refractivity contribution in [1.82, 2.24) is 0 Å². The molecule has 0 saturated heterocycles. The summed E-state index contributed by atoms with van der Waals surface area (Å²) in [5.74, 6) is -3.79. The second-order valence-electron chi connectivity index (χ2n) is 3.42. The molecule has 0 spiro atoms. The highest BCUT2D eigenvalue weighted by molar-refractivity contribution is 5.70. The van der Waals surface area contributed by atoms with E-state index in [1.54, 1.807) is 0 Å². The van der Waals surface area contributed by atoms with Gasteiger partial charge in [0.05, 0.1) is 11.6 Å². The van der Waals surface area contributed by atoms with Crippen LogP contribution in [0.2, 0.25) is 0 Å². The van der Waals surface area contributed by atoms with Crippen LogP contribution in [0.1, 0.15) is 12.5 Å². The molecule has 0 radical (unpaired) electrons. The van der Waals surface area contributed by atoms with Gasteiger partial charge in [0.2, 0.25) is 0 Å². The minimum absolute atomic E-state index is 0.122. The number of nitrogens with two attached hydrogens (primary N) is 1. The topological polar surface area (TPSA) is 63.3 Å². The fourth-order valence-electron chi connectivity index (χ4n) is 1.23. The summed E-state index contributed by atoms with van der Waals surface area (Å²) in [6.45, 7) is 1.49. The number of nitrogen functional groups attached to an aromatic ring is 1. The van der Waals surface area contributed by atoms with Gasteiger partial charge in [-0.2, -0.15) is 0 Å². The highest BCUT2D eigenvalue weighted by Gasteiger charge is 2.14. The standard InChI is InChI=1S/C10H11F2NO2/c1-5(10(14)15)2-6-3-7(11)9(12)8(13)4-6/h3-5H,2,13H2,1H3,(H,14,15). The molecule has 0 heterocycles. The maximum absolute atomic E-state index is 12.9. The third-order valence-electron chi connectivity index (χ3n) is 2.08. The minimum atomic E-state index is -1.10. The summed E-state index contributed by atoms with van der Waals surface area (Å²) in [4.78, 5) is 10.5. The molecule has 0 aliphatic heterocycles. The Morgan fingerprint density at radius 3 is 2.60 bits per heavy atom. The van der Waals surface area contributed by atoms with Crippen molar-refractivity contribution in [3.8, 4) is 0 Å². The largest absolute Gasteiger partial charge is 0.481 e. The van der Waals surface area contributed by atoms with Crippen LogP contribution >= 0.6 is 0 Å². The Balaban J connectivity index is 2.92. The van der Waals surface area contributed by atoms with Gasteiger partial charge in [-0.05, 0) is 24.1 Å². The normalized spacial score (nSPS) is 12.5. The molecule has 0 aliphatic carbocycles. The van der Waals surface area contributed by atoms with Crippen LogP contribution in [-0.2, 0) is 11.2 Å². The first kappa shape index (κ1) is 11.4. The van der Waals surface area contributed by atoms with Crippen LogP contribution in [0.5, 0.6) is 0 Å². The molecule has 3 N–H and O–H groups in total. The average molecular weight is 215 g/mol. The lowest BCUT2D eigenvalue weighted by molar-refractivity contribution is -0.141. The van der Waals surface area contributed by atoms with Crippen molar-refractivity contribution in [1.29, 1.82) is 0 Å². The van der Waals surface area contributed by atoms with Gasteiger partial charge in [-0.15, -0.1) is 0 Å². The predicted octanol–water partition coefficient (Wildman–Crippen LogP) is 1.81. The van der Waals surface area contributed by atoms with Gasteiger partial charge in [0.25, 0.3) is 0 Å². The Morgan fingerprint density at radius 1 is 1.53 bits per heavy atom. The molecular weight excluding hydrogens is 204 g/mol. The summed E-state index contributed by atoms with van der Waals surface area (Å²) in [5.41, 5.74) is 5.28. The summed E-state index contributed by atoms with van der Waals surface area (Å²) in [5, 5.41) is 8.64. The lowest BCUT2D eigenvalue weighted by Gasteiger charge is -2.07. The molecule has 0 fully saturated rings. The summed E-state index contributed by atoms with van der Waals surface area (Å²) in [7, 11) is 0. The predicted molar refractivity (Wildman–Crippen MR) is 51.3 cm³/mol. The molecule has 0 aliphatic rings. The van der Waals surface area contributed by atoms with Crippen molar-refractivity contribution >= 4 is 11.7 Å². The van der Waals surface area contributed by atoms with Gasteiger partial charge in [-0.25, -0.2) is 8.78 Å². The molecule has 0 amide bonds. The van der Waals surface area contributed by atoms with E-state index in [1.165, 1.54) is 13.0 Å². The summed E-state index contributed by atoms with van der Waals surface area (Å²) in [6.07, 6.45) is 0.122. The Morgan fingerprint density at radius 2 is 2.13 bits per heavy atom. The van der Waals surface area contributed by atoms with E-state index >= 15 is 0 Å². The molecule has 15 heavy (non-hydrogen) atoms. The zero-order valence-electron chi connectivity index (χ0n) is 8.13. The van der Waals surface area contributed by atoms with Gasteiger partial charge in [0, 0.05) is 0 Å². The zero-order chi connectivity index (χ0) is 11.6. The maximum atomic E-state index is 12.9. The molecule has 0 aromatic heterocycles. The van der Waals surface area contributed by atoms with Crippen LogP contribution in [-0.4, -0.2) is 11.1 Å². The molecule has 5 heteroatoms. The second-order valence-corrected chi connectivity index (χ2v) is 3.42. The summed E-state index contributed by atoms with van der Waals surface area (Å²) in [6, 6.07) is 2.21. The quantitative estimate of drug-likeness (QED) is 0.756. The molecule has 82 valence electrons. The van der Waals surface area contributed by atoms with Crippen LogP contribution in [0.3, 0.4) is 0 Å². The molecule has 1 aromatic rings. The van der Waals surface area contributed by atoms with Crippen molar-refractivity contribution in [2.24, 2.45) is 5.92 Å². The number of benzene rings is 1. The smallest absolute Gasteiger partial charge is 0.306 e. The van der Waals surface area contributed by atoms with Crippen LogP contribution < -0.4 is 5.73 Å². The molecule has 1 aromatic carbocycles. The number of rotatable bonds is 3. The minimum Gasteiger partial charge on any atom is -0.481 e. The summed E-state index contributed by atoms with van der Waals surface area (Å²) < 4.78 is 25.7. The number of halogens is 2. The van der Waals surface area contributed by atoms with Gasteiger partial charge in [-0.3, -0.25) is 4.79 Å². The average Bonchev–Trinajstić information content (AvgIpc) is 2.13. The number of carboxylic acid groups (broad SMARTS) is 1. The van der Waals surface area contributed by atoms with Crippen molar-refractivity contribution in [2.45, 2.75) is 13.3 Å². The van der Waals surface area contributed by atoms with Crippen molar-refractivity contribution in [3.05, 3.63) is 29.3 Å². The molecule has 1 unspecified atom stereocenters. The lowest BCUT2D eigenvalue weighted by Crippen LogP contribution is -2.12. The van der Waals surface area contributed by atoms with Gasteiger partial charge < -0.3 is 10.8 Å². The number of carboxylic acids is 1. The summed E-state index contributed by atoms with van der Waals surface area (Å²) >= 11 is 0. The molecular formula is C10H11F2NO2. The number of hydrogen-bond acceptors (Lipinski definition) is 2. The van der Waals surface area contributed by atoms with Crippen LogP contribution in [0.15, 0.2) is 12.1 Å². The SMILES string of the molecule is CC(Cc1cc(N)c(F)c(F)c1)C(=O)O. The van der Waals surface area contributed by atoms with E-state index in [4.69, 9.17) is 10.8 Å². The molecule has 1 atom stereocenters. The van der Waals surface area contributed by atoms with Gasteiger partial charge in [-0.1, -0.05) is 6.92 Å². The van der Waals surface area contributed by atoms with Crippen molar-refractivity contribution < 1.29 is 18.7 Å². The maximum Gasteiger partial charge on any atom is 0.306 e. The lowest BCUT2D eigenvalue weighted by atomic mass is 10.0. The van der Waals surface area contributed by atoms with E-state index in [-0.39, 0.29) is 12.1 Å². The van der Waals surface area contributed by atoms with Gasteiger partial charge in [0.1, 0.15) is 0 Å². The van der Waals surface area contributed by atoms with E-state index in [2.05, 4.69) is 0 Å². The van der Waals surface area contributed by atoms with Crippen LogP contribution in [0.4, 0.5) is 14.5 Å². The van der Waals surface area contributed by atoms with Gasteiger partial charge in [0.15, 0.2) is 11.6 Å². The highest BCUT2D eigenvalue weighted by Crippen LogP contribution is 2.19. The Hall–Kier alpha value is -1.65. The van der Waals surface area contributed by atoms with E-state index in [9.17, 15) is 13.6 Å². The fourth-order valence-corrected chi connectivity index (χ4v) is 1.23. The third-order valence-corrected chi connectivity index (χ3v) is 2.08. The van der Waals surface area contributed by atoms with Crippen molar-refractivity contribution in [3.63, 3.8) is 0 Å². The Bertz CT molecular complexity index is 370. The Kier molecular flexibility index (Phi) is 3.24. The van der Waals surface area contributed by atoms with Crippen molar-refractivity contribution in [2.75, 3.05) is 5.73 Å². The van der Waals surface area contributed by atoms with Crippen LogP contribution in [0, 0.1) is 17.6 Å². The van der Waals surface area contributed by atoms with Crippen LogP contribution in [0.25, 0.3) is 0 Å². The van der Waals surface area contributed by atoms with E-state index < -0.39 is 23.5 Å². The number of aliphatic carboxylic acids is 1. The number of carbonyl (C=O) groups is 1. The number of anilines is 1. The first-order valence-electron chi connectivity index (χ1n) is 4.38. The monoisotopic (exact) mass is 215 g/mol. The second kappa shape index (κ2) is 4.25. The first-order valence-corrected chi connectivity index (χ1v) is 4.38. The Labute approximate surface area is 85.5 Å². The zero-order valence-corrected chi connectivity index (χ0v) is 8.13. The first-order chi connectivity index (χ1) is 6.91. The molecule has 3 nitrogen and oxygen atoms in total. The fraction of sp³-hybridized carbons (Fsp3) is 0.300. The third kappa shape index (κ3) is 2.65. The van der Waals surface area contributed by atoms with Gasteiger partial charge >= 0.3 is 5.97 Å². The molecule has 0 saturated carbocycles. The molecule has 0 bridgehead atoms. The number of hydrogen-bond donors (Lipinski definition) is 2.